The van der Waals surface area contributed by atoms with Gasteiger partial charge < -0.3 is 23.8 Å². The molecule has 6 rings (SSSR count). The normalized spacial score (nSPS) is 20.1. The summed E-state index contributed by atoms with van der Waals surface area (Å²) in [4.78, 5) is 2.48. The van der Waals surface area contributed by atoms with Crippen molar-refractivity contribution in [1.82, 2.24) is 0 Å². The third-order valence-electron chi connectivity index (χ3n) is 6.51. The van der Waals surface area contributed by atoms with Crippen LogP contribution in [0.3, 0.4) is 0 Å². The highest BCUT2D eigenvalue weighted by molar-refractivity contribution is 5.70. The van der Waals surface area contributed by atoms with Gasteiger partial charge in [0.05, 0.1) is 12.0 Å². The molecule has 0 bridgehead atoms. The third kappa shape index (κ3) is 3.12. The van der Waals surface area contributed by atoms with Gasteiger partial charge in [-0.25, -0.2) is 0 Å². The van der Waals surface area contributed by atoms with Gasteiger partial charge in [0.25, 0.3) is 0 Å². The van der Waals surface area contributed by atoms with E-state index in [9.17, 15) is 0 Å². The van der Waals surface area contributed by atoms with Crippen molar-refractivity contribution in [3.8, 4) is 17.2 Å². The van der Waals surface area contributed by atoms with Crippen LogP contribution in [0, 0.1) is 0 Å². The number of hydrogen-bond acceptors (Lipinski definition) is 5. The first-order valence-corrected chi connectivity index (χ1v) is 10.9. The second-order valence-electron chi connectivity index (χ2n) is 8.40. The van der Waals surface area contributed by atoms with Gasteiger partial charge in [-0.15, -0.1) is 0 Å². The molecule has 0 N–H and O–H groups in total. The summed E-state index contributed by atoms with van der Waals surface area (Å²) in [6.07, 6.45) is 0.978. The number of fused-ring (bicyclic) bond motifs is 5. The van der Waals surface area contributed by atoms with Crippen LogP contribution in [0.25, 0.3) is 0 Å². The van der Waals surface area contributed by atoms with E-state index in [-0.39, 0.29) is 12.2 Å². The molecule has 31 heavy (non-hydrogen) atoms. The van der Waals surface area contributed by atoms with Gasteiger partial charge in [0.1, 0.15) is 12.4 Å². The highest BCUT2D eigenvalue weighted by Crippen LogP contribution is 2.54. The van der Waals surface area contributed by atoms with Crippen LogP contribution < -0.4 is 19.1 Å². The van der Waals surface area contributed by atoms with Gasteiger partial charge in [-0.2, -0.15) is 0 Å². The fourth-order valence-electron chi connectivity index (χ4n) is 5.02. The number of anilines is 1. The van der Waals surface area contributed by atoms with Gasteiger partial charge in [-0.05, 0) is 29.7 Å². The molecular weight excluding hydrogens is 390 g/mol. The monoisotopic (exact) mass is 415 g/mol. The Hall–Kier alpha value is -3.18. The molecule has 0 aromatic heterocycles. The molecular formula is C26H25NO4. The SMILES string of the molecule is c1ccc(COCCCN2CC3(COc4cc5c(cc43)OCO5)c3ccccc32)cc1. The van der Waals surface area contributed by atoms with Crippen LogP contribution in [-0.4, -0.2) is 33.1 Å². The lowest BCUT2D eigenvalue weighted by Crippen LogP contribution is -2.36. The minimum Gasteiger partial charge on any atom is -0.492 e. The maximum atomic E-state index is 6.17. The second-order valence-corrected chi connectivity index (χ2v) is 8.40. The minimum atomic E-state index is -0.169. The Bertz CT molecular complexity index is 1100. The number of benzene rings is 3. The summed E-state index contributed by atoms with van der Waals surface area (Å²) in [6.45, 7) is 4.17. The number of hydrogen-bond donors (Lipinski definition) is 0. The van der Waals surface area contributed by atoms with E-state index in [4.69, 9.17) is 18.9 Å². The predicted molar refractivity (Wildman–Crippen MR) is 118 cm³/mol. The van der Waals surface area contributed by atoms with Gasteiger partial charge in [-0.1, -0.05) is 48.5 Å². The molecule has 1 unspecified atom stereocenters. The van der Waals surface area contributed by atoms with Gasteiger partial charge in [0, 0.05) is 37.0 Å². The standard InChI is InChI=1S/C26H25NO4/c1-2-7-19(8-3-1)15-28-12-6-11-27-16-26(20-9-4-5-10-22(20)27)17-29-23-14-25-24(13-21(23)26)30-18-31-25/h1-5,7-10,13-14H,6,11-12,15-18H2. The molecule has 0 saturated carbocycles. The highest BCUT2D eigenvalue weighted by atomic mass is 16.7. The molecule has 0 aliphatic carbocycles. The van der Waals surface area contributed by atoms with Crippen molar-refractivity contribution in [3.63, 3.8) is 0 Å². The van der Waals surface area contributed by atoms with Crippen LogP contribution >= 0.6 is 0 Å². The average Bonchev–Trinajstić information content (AvgIpc) is 3.50. The second kappa shape index (κ2) is 7.50. The molecule has 5 heteroatoms. The van der Waals surface area contributed by atoms with E-state index in [2.05, 4.69) is 47.4 Å². The van der Waals surface area contributed by atoms with Gasteiger partial charge in [0.15, 0.2) is 11.5 Å². The van der Waals surface area contributed by atoms with Gasteiger partial charge in [-0.3, -0.25) is 0 Å². The zero-order valence-electron chi connectivity index (χ0n) is 17.4. The van der Waals surface area contributed by atoms with Crippen LogP contribution in [0.4, 0.5) is 5.69 Å². The first kappa shape index (κ1) is 18.6. The van der Waals surface area contributed by atoms with Gasteiger partial charge in [0.2, 0.25) is 6.79 Å². The van der Waals surface area contributed by atoms with E-state index >= 15 is 0 Å². The molecule has 1 atom stereocenters. The van der Waals surface area contributed by atoms with Crippen molar-refractivity contribution in [2.75, 3.05) is 38.0 Å². The Morgan fingerprint density at radius 1 is 0.839 bits per heavy atom. The van der Waals surface area contributed by atoms with E-state index in [0.717, 1.165) is 43.4 Å². The molecule has 3 aromatic rings. The lowest BCUT2D eigenvalue weighted by Gasteiger charge is -2.25. The summed E-state index contributed by atoms with van der Waals surface area (Å²) in [5, 5.41) is 0. The number of nitrogens with zero attached hydrogens (tertiary/aromatic N) is 1. The molecule has 0 radical (unpaired) electrons. The van der Waals surface area contributed by atoms with Crippen molar-refractivity contribution in [1.29, 1.82) is 0 Å². The molecule has 3 aliphatic heterocycles. The molecule has 0 fully saturated rings. The van der Waals surface area contributed by atoms with Crippen LogP contribution in [-0.2, 0) is 16.8 Å². The molecule has 3 aliphatic rings. The zero-order chi connectivity index (χ0) is 20.7. The number of rotatable bonds is 6. The van der Waals surface area contributed by atoms with Crippen molar-refractivity contribution in [3.05, 3.63) is 83.4 Å². The lowest BCUT2D eigenvalue weighted by atomic mass is 9.77. The lowest BCUT2D eigenvalue weighted by molar-refractivity contribution is 0.119. The summed E-state index contributed by atoms with van der Waals surface area (Å²) < 4.78 is 23.3. The summed E-state index contributed by atoms with van der Waals surface area (Å²) in [7, 11) is 0. The summed E-state index contributed by atoms with van der Waals surface area (Å²) >= 11 is 0. The average molecular weight is 415 g/mol. The van der Waals surface area contributed by atoms with Crippen LogP contribution in [0.1, 0.15) is 23.1 Å². The van der Waals surface area contributed by atoms with Crippen LogP contribution in [0.5, 0.6) is 17.2 Å². The first-order chi connectivity index (χ1) is 15.3. The Balaban J connectivity index is 1.19. The summed E-state index contributed by atoms with van der Waals surface area (Å²) in [5.41, 5.74) is 4.87. The molecule has 3 heterocycles. The quantitative estimate of drug-likeness (QED) is 0.554. The third-order valence-corrected chi connectivity index (χ3v) is 6.51. The van der Waals surface area contributed by atoms with Crippen molar-refractivity contribution in [2.24, 2.45) is 0 Å². The number of ether oxygens (including phenoxy) is 4. The summed E-state index contributed by atoms with van der Waals surface area (Å²) in [6, 6.07) is 23.1. The first-order valence-electron chi connectivity index (χ1n) is 10.9. The van der Waals surface area contributed by atoms with Crippen LogP contribution in [0.2, 0.25) is 0 Å². The Kier molecular flexibility index (Phi) is 4.50. The van der Waals surface area contributed by atoms with E-state index in [0.29, 0.717) is 13.2 Å². The molecule has 5 nitrogen and oxygen atoms in total. The van der Waals surface area contributed by atoms with E-state index in [1.54, 1.807) is 0 Å². The zero-order valence-corrected chi connectivity index (χ0v) is 17.4. The molecule has 0 saturated heterocycles. The minimum absolute atomic E-state index is 0.169. The van der Waals surface area contributed by atoms with E-state index in [1.165, 1.54) is 22.4 Å². The highest BCUT2D eigenvalue weighted by Gasteiger charge is 2.50. The molecule has 0 amide bonds. The molecule has 158 valence electrons. The fraction of sp³-hybridized carbons (Fsp3) is 0.308. The predicted octanol–water partition coefficient (Wildman–Crippen LogP) is 4.52. The van der Waals surface area contributed by atoms with E-state index < -0.39 is 0 Å². The van der Waals surface area contributed by atoms with Crippen molar-refractivity contribution >= 4 is 5.69 Å². The smallest absolute Gasteiger partial charge is 0.231 e. The molecule has 1 spiro atoms. The maximum absolute atomic E-state index is 6.17. The Morgan fingerprint density at radius 2 is 1.65 bits per heavy atom. The largest absolute Gasteiger partial charge is 0.492 e. The number of para-hydroxylation sites is 1. The van der Waals surface area contributed by atoms with Crippen LogP contribution in [0.15, 0.2) is 66.7 Å². The van der Waals surface area contributed by atoms with Gasteiger partial charge >= 0.3 is 0 Å². The van der Waals surface area contributed by atoms with E-state index in [1.807, 2.05) is 24.3 Å². The van der Waals surface area contributed by atoms with Crippen molar-refractivity contribution in [2.45, 2.75) is 18.4 Å². The topological polar surface area (TPSA) is 40.2 Å². The van der Waals surface area contributed by atoms with Crippen molar-refractivity contribution < 1.29 is 18.9 Å². The molecule has 3 aromatic carbocycles. The Morgan fingerprint density at radius 3 is 2.55 bits per heavy atom. The maximum Gasteiger partial charge on any atom is 0.231 e. The fourth-order valence-corrected chi connectivity index (χ4v) is 5.02. The summed E-state index contributed by atoms with van der Waals surface area (Å²) in [5.74, 6) is 2.50. The Labute approximate surface area is 182 Å².